The number of nitrogens with one attached hydrogen (secondary N) is 2. The maximum absolute atomic E-state index is 13.4. The third-order valence-electron chi connectivity index (χ3n) is 4.54. The van der Waals surface area contributed by atoms with Gasteiger partial charge in [-0.3, -0.25) is 4.79 Å². The van der Waals surface area contributed by atoms with E-state index in [0.717, 1.165) is 11.5 Å². The lowest BCUT2D eigenvalue weighted by atomic mass is 10.0. The molecule has 1 amide bonds. The van der Waals surface area contributed by atoms with E-state index in [1.54, 1.807) is 18.2 Å². The third-order valence-corrected chi connectivity index (χ3v) is 4.54. The summed E-state index contributed by atoms with van der Waals surface area (Å²) in [5.41, 5.74) is 0.182. The Morgan fingerprint density at radius 3 is 2.70 bits per heavy atom. The molecule has 2 aromatic carbocycles. The largest absolute Gasteiger partial charge is 0.453 e. The van der Waals surface area contributed by atoms with Gasteiger partial charge >= 0.3 is 6.18 Å². The second-order valence-electron chi connectivity index (χ2n) is 6.67. The van der Waals surface area contributed by atoms with Crippen LogP contribution in [0.25, 0.3) is 22.6 Å². The normalized spacial score (nSPS) is 11.7. The van der Waals surface area contributed by atoms with E-state index in [2.05, 4.69) is 25.9 Å². The molecule has 0 saturated carbocycles. The van der Waals surface area contributed by atoms with Crippen LogP contribution in [-0.4, -0.2) is 26.5 Å². The molecule has 154 valence electrons. The van der Waals surface area contributed by atoms with Crippen molar-refractivity contribution in [3.05, 3.63) is 59.2 Å². The molecule has 0 bridgehead atoms. The lowest BCUT2D eigenvalue weighted by Crippen LogP contribution is -2.14. The highest BCUT2D eigenvalue weighted by molar-refractivity contribution is 6.06. The number of carbonyl (C=O) groups is 1. The predicted molar refractivity (Wildman–Crippen MR) is 103 cm³/mol. The molecule has 0 aliphatic rings. The monoisotopic (exact) mass is 415 g/mol. The second kappa shape index (κ2) is 7.62. The molecule has 0 aliphatic heterocycles. The summed E-state index contributed by atoms with van der Waals surface area (Å²) in [6.45, 7) is 1.81. The molecule has 0 saturated heterocycles. The summed E-state index contributed by atoms with van der Waals surface area (Å²) >= 11 is 0. The first-order valence-corrected chi connectivity index (χ1v) is 9.14. The minimum Gasteiger partial charge on any atom is -0.453 e. The van der Waals surface area contributed by atoms with Crippen LogP contribution in [0.4, 0.5) is 18.9 Å². The first kappa shape index (κ1) is 19.6. The molecule has 0 aliphatic carbocycles. The van der Waals surface area contributed by atoms with Gasteiger partial charge in [0.15, 0.2) is 5.76 Å². The van der Waals surface area contributed by atoms with Gasteiger partial charge < -0.3 is 9.73 Å². The summed E-state index contributed by atoms with van der Waals surface area (Å²) < 4.78 is 45.7. The summed E-state index contributed by atoms with van der Waals surface area (Å²) in [4.78, 5) is 12.6. The molecule has 10 heteroatoms. The van der Waals surface area contributed by atoms with Gasteiger partial charge in [-0.2, -0.15) is 18.4 Å². The highest BCUT2D eigenvalue weighted by Gasteiger charge is 2.33. The molecule has 4 rings (SSSR count). The van der Waals surface area contributed by atoms with Gasteiger partial charge in [0.05, 0.1) is 5.56 Å². The number of hydrogen-bond donors (Lipinski definition) is 2. The van der Waals surface area contributed by atoms with E-state index in [-0.39, 0.29) is 22.6 Å². The van der Waals surface area contributed by atoms with Crippen LogP contribution in [0.3, 0.4) is 0 Å². The zero-order valence-corrected chi connectivity index (χ0v) is 15.7. The van der Waals surface area contributed by atoms with Crippen LogP contribution in [0.2, 0.25) is 0 Å². The van der Waals surface area contributed by atoms with Crippen LogP contribution in [0.5, 0.6) is 0 Å². The van der Waals surface area contributed by atoms with Crippen molar-refractivity contribution in [2.75, 3.05) is 5.32 Å². The van der Waals surface area contributed by atoms with Crippen molar-refractivity contribution in [1.29, 1.82) is 0 Å². The lowest BCUT2D eigenvalue weighted by molar-refractivity contribution is -0.138. The topological polar surface area (TPSA) is 96.7 Å². The standard InChI is InChI=1S/C20H16F3N5O2/c1-2-3-11-6-7-14(10-15(11)20(21,22)23)24-19(29)13-5-4-12-8-17(30-16(12)9-13)18-25-27-28-26-18/h4-10H,2-3H2,1H3,(H,24,29)(H,25,26,27,28). The van der Waals surface area contributed by atoms with E-state index in [4.69, 9.17) is 4.42 Å². The summed E-state index contributed by atoms with van der Waals surface area (Å²) in [6, 6.07) is 10.3. The predicted octanol–water partition coefficient (Wildman–Crippen LogP) is 4.84. The average Bonchev–Trinajstić information content (AvgIpc) is 3.37. The number of aromatic amines is 1. The number of amides is 1. The summed E-state index contributed by atoms with van der Waals surface area (Å²) in [5.74, 6) is 0.0902. The van der Waals surface area contributed by atoms with Crippen LogP contribution in [-0.2, 0) is 12.6 Å². The van der Waals surface area contributed by atoms with E-state index >= 15 is 0 Å². The van der Waals surface area contributed by atoms with Gasteiger partial charge in [0.2, 0.25) is 5.82 Å². The zero-order chi connectivity index (χ0) is 21.3. The number of hydrogen-bond acceptors (Lipinski definition) is 5. The van der Waals surface area contributed by atoms with Crippen molar-refractivity contribution in [2.24, 2.45) is 0 Å². The molecule has 0 atom stereocenters. The molecule has 4 aromatic rings. The number of benzene rings is 2. The molecule has 0 radical (unpaired) electrons. The van der Waals surface area contributed by atoms with Crippen LogP contribution in [0.1, 0.15) is 34.8 Å². The number of rotatable bonds is 5. The molecular formula is C20H16F3N5O2. The van der Waals surface area contributed by atoms with Gasteiger partial charge in [-0.05, 0) is 47.5 Å². The number of halogens is 3. The Bertz CT molecular complexity index is 1200. The van der Waals surface area contributed by atoms with Crippen LogP contribution in [0, 0.1) is 0 Å². The Kier molecular flexibility index (Phi) is 4.98. The van der Waals surface area contributed by atoms with Crippen LogP contribution >= 0.6 is 0 Å². The Hall–Kier alpha value is -3.69. The lowest BCUT2D eigenvalue weighted by Gasteiger charge is -2.14. The second-order valence-corrected chi connectivity index (χ2v) is 6.67. The first-order chi connectivity index (χ1) is 14.3. The molecule has 7 nitrogen and oxygen atoms in total. The molecular weight excluding hydrogens is 399 g/mol. The number of tetrazole rings is 1. The number of aryl methyl sites for hydroxylation is 1. The average molecular weight is 415 g/mol. The number of carbonyl (C=O) groups excluding carboxylic acids is 1. The van der Waals surface area contributed by atoms with Crippen LogP contribution < -0.4 is 5.32 Å². The number of anilines is 1. The molecule has 2 aromatic heterocycles. The minimum atomic E-state index is -4.50. The molecule has 0 spiro atoms. The van der Waals surface area contributed by atoms with Gasteiger partial charge in [0.25, 0.3) is 5.91 Å². The Balaban J connectivity index is 1.60. The van der Waals surface area contributed by atoms with Gasteiger partial charge in [0, 0.05) is 16.6 Å². The maximum atomic E-state index is 13.4. The first-order valence-electron chi connectivity index (χ1n) is 9.14. The minimum absolute atomic E-state index is 0.0687. The van der Waals surface area contributed by atoms with Gasteiger partial charge in [0.1, 0.15) is 5.58 Å². The zero-order valence-electron chi connectivity index (χ0n) is 15.7. The smallest absolute Gasteiger partial charge is 0.416 e. The van der Waals surface area contributed by atoms with E-state index in [0.29, 0.717) is 24.2 Å². The van der Waals surface area contributed by atoms with Gasteiger partial charge in [-0.1, -0.05) is 25.5 Å². The highest BCUT2D eigenvalue weighted by atomic mass is 19.4. The summed E-state index contributed by atoms with van der Waals surface area (Å²) in [7, 11) is 0. The van der Waals surface area contributed by atoms with Gasteiger partial charge in [-0.15, -0.1) is 10.2 Å². The van der Waals surface area contributed by atoms with Crippen molar-refractivity contribution in [3.8, 4) is 11.6 Å². The van der Waals surface area contributed by atoms with E-state index in [1.807, 2.05) is 6.92 Å². The van der Waals surface area contributed by atoms with Gasteiger partial charge in [-0.25, -0.2) is 0 Å². The number of nitrogens with zero attached hydrogens (tertiary/aromatic N) is 3. The SMILES string of the molecule is CCCc1ccc(NC(=O)c2ccc3cc(-c4nn[nH]n4)oc3c2)cc1C(F)(F)F. The summed E-state index contributed by atoms with van der Waals surface area (Å²) in [5, 5.41) is 16.7. The Morgan fingerprint density at radius 2 is 2.00 bits per heavy atom. The maximum Gasteiger partial charge on any atom is 0.416 e. The molecule has 0 unspecified atom stereocenters. The van der Waals surface area contributed by atoms with Crippen LogP contribution in [0.15, 0.2) is 46.9 Å². The van der Waals surface area contributed by atoms with E-state index in [9.17, 15) is 18.0 Å². The van der Waals surface area contributed by atoms with Crippen molar-refractivity contribution in [1.82, 2.24) is 20.6 Å². The van der Waals surface area contributed by atoms with Crippen molar-refractivity contribution < 1.29 is 22.4 Å². The third kappa shape index (κ3) is 3.88. The fraction of sp³-hybridized carbons (Fsp3) is 0.200. The number of furan rings is 1. The summed E-state index contributed by atoms with van der Waals surface area (Å²) in [6.07, 6.45) is -3.60. The quantitative estimate of drug-likeness (QED) is 0.486. The molecule has 2 N–H and O–H groups in total. The fourth-order valence-corrected chi connectivity index (χ4v) is 3.16. The Morgan fingerprint density at radius 1 is 1.17 bits per heavy atom. The van der Waals surface area contributed by atoms with E-state index in [1.165, 1.54) is 18.2 Å². The number of H-pyrrole nitrogens is 1. The number of aromatic nitrogens is 4. The fourth-order valence-electron chi connectivity index (χ4n) is 3.16. The molecule has 2 heterocycles. The van der Waals surface area contributed by atoms with Crippen molar-refractivity contribution in [2.45, 2.75) is 25.9 Å². The van der Waals surface area contributed by atoms with E-state index < -0.39 is 17.6 Å². The molecule has 30 heavy (non-hydrogen) atoms. The van der Waals surface area contributed by atoms with Crippen molar-refractivity contribution >= 4 is 22.6 Å². The number of alkyl halides is 3. The highest BCUT2D eigenvalue weighted by Crippen LogP contribution is 2.34. The molecule has 0 fully saturated rings. The van der Waals surface area contributed by atoms with Crippen molar-refractivity contribution in [3.63, 3.8) is 0 Å². The number of fused-ring (bicyclic) bond motifs is 1. The Labute approximate surface area is 168 Å².